The molecule has 0 atom stereocenters. The molecule has 0 bridgehead atoms. The van der Waals surface area contributed by atoms with Crippen molar-refractivity contribution >= 4 is 38.9 Å². The van der Waals surface area contributed by atoms with Crippen molar-refractivity contribution < 1.29 is 33.1 Å². The first-order chi connectivity index (χ1) is 8.57. The van der Waals surface area contributed by atoms with Gasteiger partial charge in [0.15, 0.2) is 5.58 Å². The van der Waals surface area contributed by atoms with Gasteiger partial charge in [0.1, 0.15) is 5.52 Å². The number of oxazole rings is 1. The summed E-state index contributed by atoms with van der Waals surface area (Å²) in [5.74, 6) is -0.821. The van der Waals surface area contributed by atoms with E-state index in [-0.39, 0.29) is 11.1 Å². The van der Waals surface area contributed by atoms with Crippen LogP contribution >= 0.6 is 27.8 Å². The lowest BCUT2D eigenvalue weighted by Gasteiger charge is -2.26. The molecule has 0 unspecified atom stereocenters. The van der Waals surface area contributed by atoms with E-state index in [4.69, 9.17) is 4.42 Å². The molecule has 1 heterocycles. The Kier molecular flexibility index (Phi) is 3.43. The number of para-hydroxylation sites is 2. The van der Waals surface area contributed by atoms with Crippen molar-refractivity contribution in [2.75, 3.05) is 0 Å². The van der Waals surface area contributed by atoms with Gasteiger partial charge in [-0.1, -0.05) is 12.1 Å². The number of benzene rings is 1. The van der Waals surface area contributed by atoms with Crippen LogP contribution in [-0.4, -0.2) is 24.6 Å². The summed E-state index contributed by atoms with van der Waals surface area (Å²) in [6, 6.07) is 6.07. The third-order valence-electron chi connectivity index (χ3n) is 2.39. The topological polar surface area (TPSA) is 141 Å². The monoisotopic (exact) mass is 325 g/mol. The highest BCUT2D eigenvalue weighted by Gasteiger charge is 2.63. The van der Waals surface area contributed by atoms with Crippen LogP contribution in [0, 0.1) is 0 Å². The fourth-order valence-electron chi connectivity index (χ4n) is 1.43. The molecule has 0 saturated carbocycles. The highest BCUT2D eigenvalue weighted by Crippen LogP contribution is 2.76. The summed E-state index contributed by atoms with van der Waals surface area (Å²) in [4.78, 5) is 40.5. The Bertz CT molecular complexity index is 662. The van der Waals surface area contributed by atoms with Crippen LogP contribution < -0.4 is 0 Å². The minimum Gasteiger partial charge on any atom is -0.438 e. The summed E-state index contributed by atoms with van der Waals surface area (Å²) >= 11 is 3.50. The predicted octanol–water partition coefficient (Wildman–Crippen LogP) is 1.22. The summed E-state index contributed by atoms with van der Waals surface area (Å²) in [7, 11) is -10.7. The summed E-state index contributed by atoms with van der Waals surface area (Å²) in [6.45, 7) is 0. The van der Waals surface area contributed by atoms with E-state index < -0.39 is 25.3 Å². The van der Waals surface area contributed by atoms with Crippen LogP contribution in [0.4, 0.5) is 0 Å². The zero-order valence-electron chi connectivity index (χ0n) is 9.11. The summed E-state index contributed by atoms with van der Waals surface area (Å²) in [5.41, 5.74) is 0.343. The van der Waals surface area contributed by atoms with Crippen molar-refractivity contribution in [2.24, 2.45) is 0 Å². The molecule has 0 aliphatic heterocycles. The summed E-state index contributed by atoms with van der Waals surface area (Å²) in [5, 5.41) is 0. The van der Waals surface area contributed by atoms with E-state index in [2.05, 4.69) is 17.6 Å². The average Bonchev–Trinajstić information content (AvgIpc) is 2.68. The molecule has 1 aromatic heterocycles. The number of hydrogen-bond acceptors (Lipinski definition) is 5. The second kappa shape index (κ2) is 4.43. The Morgan fingerprint density at radius 2 is 1.63 bits per heavy atom. The zero-order valence-corrected chi connectivity index (χ0v) is 11.8. The highest BCUT2D eigenvalue weighted by molar-refractivity contribution is 8.00. The molecule has 2 rings (SSSR count). The van der Waals surface area contributed by atoms with Crippen LogP contribution in [0.1, 0.15) is 5.89 Å². The largest absolute Gasteiger partial charge is 0.438 e. The van der Waals surface area contributed by atoms with Crippen molar-refractivity contribution in [3.05, 3.63) is 30.2 Å². The SMILES string of the molecule is O=P(O)(O)C(S)(c1nc2ccccc2o1)P(=O)(O)O. The Hall–Kier alpha value is -0.660. The van der Waals surface area contributed by atoms with Gasteiger partial charge in [0, 0.05) is 0 Å². The molecule has 1 aromatic carbocycles. The minimum absolute atomic E-state index is 0.137. The predicted molar refractivity (Wildman–Crippen MR) is 68.8 cm³/mol. The number of aromatic nitrogens is 1. The summed E-state index contributed by atoms with van der Waals surface area (Å²) in [6.07, 6.45) is 0. The van der Waals surface area contributed by atoms with Crippen LogP contribution in [-0.2, 0) is 13.4 Å². The molecule has 104 valence electrons. The van der Waals surface area contributed by atoms with Crippen molar-refractivity contribution in [3.8, 4) is 0 Å². The van der Waals surface area contributed by atoms with E-state index in [1.54, 1.807) is 12.1 Å². The van der Waals surface area contributed by atoms with Gasteiger partial charge in [-0.05, 0) is 12.1 Å². The van der Waals surface area contributed by atoms with Crippen molar-refractivity contribution in [3.63, 3.8) is 0 Å². The van der Waals surface area contributed by atoms with Gasteiger partial charge >= 0.3 is 15.2 Å². The van der Waals surface area contributed by atoms with Gasteiger partial charge in [0.25, 0.3) is 4.23 Å². The maximum Gasteiger partial charge on any atom is 0.363 e. The van der Waals surface area contributed by atoms with Crippen LogP contribution in [0.15, 0.2) is 28.7 Å². The maximum atomic E-state index is 11.4. The molecule has 0 aliphatic carbocycles. The normalized spacial score (nSPS) is 13.9. The molecule has 4 N–H and O–H groups in total. The van der Waals surface area contributed by atoms with E-state index in [1.807, 2.05) is 0 Å². The number of rotatable bonds is 3. The first kappa shape index (κ1) is 14.7. The van der Waals surface area contributed by atoms with E-state index in [9.17, 15) is 28.7 Å². The third kappa shape index (κ3) is 2.28. The van der Waals surface area contributed by atoms with E-state index in [0.29, 0.717) is 0 Å². The second-order valence-electron chi connectivity index (χ2n) is 3.71. The molecule has 0 spiro atoms. The molecular weight excluding hydrogens is 316 g/mol. The first-order valence-electron chi connectivity index (χ1n) is 4.77. The Morgan fingerprint density at radius 1 is 1.11 bits per heavy atom. The third-order valence-corrected chi connectivity index (χ3v) is 7.72. The van der Waals surface area contributed by atoms with Gasteiger partial charge in [-0.2, -0.15) is 0 Å². The van der Waals surface area contributed by atoms with Gasteiger partial charge in [-0.3, -0.25) is 9.13 Å². The van der Waals surface area contributed by atoms with Crippen LogP contribution in [0.2, 0.25) is 0 Å². The minimum atomic E-state index is -5.34. The second-order valence-corrected chi connectivity index (χ2v) is 8.96. The fraction of sp³-hybridized carbons (Fsp3) is 0.125. The lowest BCUT2D eigenvalue weighted by Crippen LogP contribution is -2.20. The van der Waals surface area contributed by atoms with Gasteiger partial charge in [0.2, 0.25) is 5.89 Å². The molecule has 0 radical (unpaired) electrons. The molecule has 19 heavy (non-hydrogen) atoms. The van der Waals surface area contributed by atoms with E-state index in [1.165, 1.54) is 12.1 Å². The maximum absolute atomic E-state index is 11.4. The fourth-order valence-corrected chi connectivity index (χ4v) is 3.58. The molecule has 11 heteroatoms. The van der Waals surface area contributed by atoms with Crippen LogP contribution in [0.25, 0.3) is 11.1 Å². The summed E-state index contributed by atoms with van der Waals surface area (Å²) < 4.78 is 24.7. The molecule has 2 aromatic rings. The lowest BCUT2D eigenvalue weighted by atomic mass is 10.3. The van der Waals surface area contributed by atoms with Gasteiger partial charge in [0.05, 0.1) is 0 Å². The van der Waals surface area contributed by atoms with Gasteiger partial charge in [-0.25, -0.2) is 4.98 Å². The molecule has 0 fully saturated rings. The lowest BCUT2D eigenvalue weighted by molar-refractivity contribution is 0.322. The Morgan fingerprint density at radius 3 is 2.11 bits per heavy atom. The number of nitrogens with zero attached hydrogens (tertiary/aromatic N) is 1. The number of fused-ring (bicyclic) bond motifs is 1. The number of hydrogen-bond donors (Lipinski definition) is 5. The molecule has 0 amide bonds. The Balaban J connectivity index is 2.76. The Labute approximate surface area is 112 Å². The van der Waals surface area contributed by atoms with Crippen LogP contribution in [0.3, 0.4) is 0 Å². The average molecular weight is 325 g/mol. The van der Waals surface area contributed by atoms with Crippen LogP contribution in [0.5, 0.6) is 0 Å². The van der Waals surface area contributed by atoms with Crippen molar-refractivity contribution in [2.45, 2.75) is 4.23 Å². The number of thiol groups is 1. The standard InChI is InChI=1S/C8H9NO7P2S/c10-17(11,12)8(19,18(13,14)15)7-9-5-3-1-2-4-6(5)16-7/h1-4,19H,(H2,10,11,12)(H2,13,14,15). The molecule has 0 aliphatic rings. The van der Waals surface area contributed by atoms with Crippen molar-refractivity contribution in [1.29, 1.82) is 0 Å². The van der Waals surface area contributed by atoms with E-state index >= 15 is 0 Å². The quantitative estimate of drug-likeness (QED) is 0.419. The van der Waals surface area contributed by atoms with Crippen molar-refractivity contribution in [1.82, 2.24) is 4.98 Å². The van der Waals surface area contributed by atoms with Gasteiger partial charge < -0.3 is 24.0 Å². The molecule has 0 saturated heterocycles. The zero-order chi connectivity index (χ0) is 14.5. The molecular formula is C8H9NO7P2S. The molecule has 8 nitrogen and oxygen atoms in total. The van der Waals surface area contributed by atoms with Gasteiger partial charge in [-0.15, -0.1) is 12.6 Å². The first-order valence-corrected chi connectivity index (χ1v) is 8.44. The highest BCUT2D eigenvalue weighted by atomic mass is 32.1. The van der Waals surface area contributed by atoms with E-state index in [0.717, 1.165) is 0 Å². The smallest absolute Gasteiger partial charge is 0.363 e.